The lowest BCUT2D eigenvalue weighted by Crippen LogP contribution is -2.46. The monoisotopic (exact) mass is 444 g/mol. The van der Waals surface area contributed by atoms with E-state index in [9.17, 15) is 19.2 Å². The van der Waals surface area contributed by atoms with Crippen molar-refractivity contribution in [3.8, 4) is 5.75 Å². The third-order valence-electron chi connectivity index (χ3n) is 4.04. The van der Waals surface area contributed by atoms with Gasteiger partial charge in [-0.05, 0) is 39.0 Å². The molecule has 0 atom stereocenters. The Morgan fingerprint density at radius 2 is 1.78 bits per heavy atom. The van der Waals surface area contributed by atoms with E-state index in [2.05, 4.69) is 10.4 Å². The van der Waals surface area contributed by atoms with Gasteiger partial charge >= 0.3 is 5.97 Å². The summed E-state index contributed by atoms with van der Waals surface area (Å²) in [5, 5.41) is 6.72. The molecule has 1 heterocycles. The molecule has 2 aromatic rings. The second kappa shape index (κ2) is 11.1. The topological polar surface area (TPSA) is 120 Å². The normalized spacial score (nSPS) is 10.9. The molecular weight excluding hydrogens is 416 g/mol. The number of benzene rings is 1. The second-order valence-electron chi connectivity index (χ2n) is 8.07. The highest BCUT2D eigenvalue weighted by molar-refractivity contribution is 5.90. The Morgan fingerprint density at radius 3 is 2.44 bits per heavy atom. The number of hydrogen-bond acceptors (Lipinski definition) is 7. The fraction of sp³-hybridized carbons (Fsp3) is 0.409. The van der Waals surface area contributed by atoms with Gasteiger partial charge in [0.1, 0.15) is 12.4 Å². The molecule has 10 nitrogen and oxygen atoms in total. The summed E-state index contributed by atoms with van der Waals surface area (Å²) in [4.78, 5) is 49.5. The minimum atomic E-state index is -0.858. The summed E-state index contributed by atoms with van der Waals surface area (Å²) in [5.41, 5.74) is -0.946. The third-order valence-corrected chi connectivity index (χ3v) is 4.04. The number of para-hydroxylation sites is 1. The summed E-state index contributed by atoms with van der Waals surface area (Å²) in [6, 6.07) is 11.5. The fourth-order valence-electron chi connectivity index (χ4n) is 2.56. The average Bonchev–Trinajstić information content (AvgIpc) is 2.72. The van der Waals surface area contributed by atoms with Gasteiger partial charge in [0.25, 0.3) is 11.5 Å². The first-order valence-corrected chi connectivity index (χ1v) is 10.0. The first kappa shape index (κ1) is 24.6. The van der Waals surface area contributed by atoms with Gasteiger partial charge in [0.05, 0.1) is 13.1 Å². The maximum absolute atomic E-state index is 12.3. The summed E-state index contributed by atoms with van der Waals surface area (Å²) in [7, 11) is 1.43. The van der Waals surface area contributed by atoms with Crippen LogP contribution in [0.2, 0.25) is 0 Å². The maximum atomic E-state index is 12.3. The molecule has 172 valence electrons. The Balaban J connectivity index is 1.87. The van der Waals surface area contributed by atoms with E-state index in [1.165, 1.54) is 19.2 Å². The third kappa shape index (κ3) is 8.21. The van der Waals surface area contributed by atoms with Crippen molar-refractivity contribution in [3.05, 3.63) is 58.5 Å². The van der Waals surface area contributed by atoms with Crippen LogP contribution in [0.3, 0.4) is 0 Å². The summed E-state index contributed by atoms with van der Waals surface area (Å²) >= 11 is 0. The van der Waals surface area contributed by atoms with Gasteiger partial charge in [0, 0.05) is 18.7 Å². The number of carbonyl (C=O) groups excluding carboxylic acids is 3. The van der Waals surface area contributed by atoms with Crippen LogP contribution in [-0.4, -0.2) is 64.8 Å². The zero-order valence-corrected chi connectivity index (χ0v) is 18.7. The van der Waals surface area contributed by atoms with Crippen molar-refractivity contribution in [3.63, 3.8) is 0 Å². The largest absolute Gasteiger partial charge is 0.492 e. The quantitative estimate of drug-likeness (QED) is 0.570. The van der Waals surface area contributed by atoms with E-state index < -0.39 is 29.6 Å². The number of nitrogens with zero attached hydrogens (tertiary/aromatic N) is 3. The molecule has 0 saturated carbocycles. The molecule has 0 bridgehead atoms. The second-order valence-corrected chi connectivity index (χ2v) is 8.07. The molecule has 1 aromatic heterocycles. The lowest BCUT2D eigenvalue weighted by molar-refractivity contribution is -0.137. The maximum Gasteiger partial charge on any atom is 0.359 e. The van der Waals surface area contributed by atoms with E-state index in [1.807, 2.05) is 39.0 Å². The van der Waals surface area contributed by atoms with Crippen molar-refractivity contribution in [2.45, 2.75) is 32.9 Å². The molecule has 0 spiro atoms. The molecule has 0 fully saturated rings. The van der Waals surface area contributed by atoms with Crippen molar-refractivity contribution in [1.82, 2.24) is 20.0 Å². The van der Waals surface area contributed by atoms with Crippen LogP contribution in [0.5, 0.6) is 5.75 Å². The molecular formula is C22H28N4O6. The van der Waals surface area contributed by atoms with Crippen LogP contribution < -0.4 is 15.6 Å². The Hall–Kier alpha value is -3.69. The Bertz CT molecular complexity index is 997. The van der Waals surface area contributed by atoms with Gasteiger partial charge in [0.15, 0.2) is 12.3 Å². The van der Waals surface area contributed by atoms with Crippen LogP contribution in [0, 0.1) is 0 Å². The molecule has 0 aliphatic heterocycles. The molecule has 2 amide bonds. The molecule has 10 heteroatoms. The molecule has 0 radical (unpaired) electrons. The summed E-state index contributed by atoms with van der Waals surface area (Å²) in [5.74, 6) is -1.09. The van der Waals surface area contributed by atoms with Gasteiger partial charge in [0.2, 0.25) is 5.91 Å². The number of nitrogens with one attached hydrogen (secondary N) is 1. The molecule has 0 saturated heterocycles. The van der Waals surface area contributed by atoms with Crippen LogP contribution in [0.15, 0.2) is 47.3 Å². The van der Waals surface area contributed by atoms with Gasteiger partial charge < -0.3 is 19.7 Å². The number of amides is 2. The van der Waals surface area contributed by atoms with Crippen LogP contribution in [0.1, 0.15) is 31.3 Å². The zero-order valence-electron chi connectivity index (χ0n) is 18.7. The Kier molecular flexibility index (Phi) is 8.51. The first-order chi connectivity index (χ1) is 15.0. The molecule has 0 unspecified atom stereocenters. The molecule has 1 N–H and O–H groups in total. The molecule has 0 aliphatic rings. The average molecular weight is 444 g/mol. The minimum absolute atomic E-state index is 0.120. The number of carbonyl (C=O) groups is 3. The summed E-state index contributed by atoms with van der Waals surface area (Å²) in [6.07, 6.45) is 0. The molecule has 32 heavy (non-hydrogen) atoms. The Labute approximate surface area is 186 Å². The Morgan fingerprint density at radius 1 is 1.09 bits per heavy atom. The highest BCUT2D eigenvalue weighted by Gasteiger charge is 2.19. The van der Waals surface area contributed by atoms with Crippen molar-refractivity contribution in [2.75, 3.05) is 26.8 Å². The van der Waals surface area contributed by atoms with E-state index >= 15 is 0 Å². The molecule has 1 aromatic carbocycles. The molecule has 0 aliphatic carbocycles. The van der Waals surface area contributed by atoms with E-state index in [0.29, 0.717) is 5.75 Å². The zero-order chi connectivity index (χ0) is 23.7. The van der Waals surface area contributed by atoms with Crippen LogP contribution in [0.25, 0.3) is 0 Å². The van der Waals surface area contributed by atoms with Crippen LogP contribution in [0.4, 0.5) is 0 Å². The predicted molar refractivity (Wildman–Crippen MR) is 116 cm³/mol. The predicted octanol–water partition coefficient (Wildman–Crippen LogP) is 0.852. The van der Waals surface area contributed by atoms with E-state index in [-0.39, 0.29) is 31.3 Å². The minimum Gasteiger partial charge on any atom is -0.492 e. The highest BCUT2D eigenvalue weighted by Crippen LogP contribution is 2.07. The van der Waals surface area contributed by atoms with Gasteiger partial charge in [-0.2, -0.15) is 5.10 Å². The van der Waals surface area contributed by atoms with E-state index in [1.54, 1.807) is 12.1 Å². The summed E-state index contributed by atoms with van der Waals surface area (Å²) in [6.45, 7) is 5.06. The van der Waals surface area contributed by atoms with Gasteiger partial charge in [-0.25, -0.2) is 9.48 Å². The SMILES string of the molecule is CN(CC(=O)NC(C)(C)C)C(=O)COC(=O)c1ccc(=O)n(CCOc2ccccc2)n1. The smallest absolute Gasteiger partial charge is 0.359 e. The number of aromatic nitrogens is 2. The van der Waals surface area contributed by atoms with Gasteiger partial charge in [-0.1, -0.05) is 18.2 Å². The van der Waals surface area contributed by atoms with Crippen LogP contribution in [-0.2, 0) is 20.9 Å². The summed E-state index contributed by atoms with van der Waals surface area (Å²) < 4.78 is 11.6. The standard InChI is InChI=1S/C22H28N4O6/c1-22(2,3)23-18(27)14-25(4)20(29)15-32-21(30)17-10-11-19(28)26(24-17)12-13-31-16-8-6-5-7-9-16/h5-11H,12-15H2,1-4H3,(H,23,27). The van der Waals surface area contributed by atoms with E-state index in [4.69, 9.17) is 9.47 Å². The van der Waals surface area contributed by atoms with Crippen molar-refractivity contribution in [2.24, 2.45) is 0 Å². The van der Waals surface area contributed by atoms with Crippen molar-refractivity contribution < 1.29 is 23.9 Å². The number of rotatable bonds is 9. The number of hydrogen-bond donors (Lipinski definition) is 1. The number of ether oxygens (including phenoxy) is 2. The molecule has 2 rings (SSSR count). The lowest BCUT2D eigenvalue weighted by Gasteiger charge is -2.23. The lowest BCUT2D eigenvalue weighted by atomic mass is 10.1. The van der Waals surface area contributed by atoms with Crippen molar-refractivity contribution in [1.29, 1.82) is 0 Å². The highest BCUT2D eigenvalue weighted by atomic mass is 16.5. The van der Waals surface area contributed by atoms with Crippen molar-refractivity contribution >= 4 is 17.8 Å². The van der Waals surface area contributed by atoms with Crippen LogP contribution >= 0.6 is 0 Å². The van der Waals surface area contributed by atoms with Gasteiger partial charge in [-0.3, -0.25) is 14.4 Å². The van der Waals surface area contributed by atoms with E-state index in [0.717, 1.165) is 9.58 Å². The fourth-order valence-corrected chi connectivity index (χ4v) is 2.56. The van der Waals surface area contributed by atoms with Gasteiger partial charge in [-0.15, -0.1) is 0 Å². The number of likely N-dealkylation sites (N-methyl/N-ethyl adjacent to an activating group) is 1. The first-order valence-electron chi connectivity index (χ1n) is 10.0. The number of esters is 1.